The molecule has 0 heterocycles. The van der Waals surface area contributed by atoms with Gasteiger partial charge in [0.2, 0.25) is 0 Å². The topological polar surface area (TPSA) is 15.3 Å². The maximum absolute atomic E-state index is 3.71. The molecule has 0 saturated heterocycles. The molecule has 0 aromatic heterocycles. The molecule has 0 bridgehead atoms. The van der Waals surface area contributed by atoms with Crippen LogP contribution in [0.5, 0.6) is 0 Å². The minimum absolute atomic E-state index is 0.429. The van der Waals surface area contributed by atoms with Crippen molar-refractivity contribution in [2.24, 2.45) is 0 Å². The summed E-state index contributed by atoms with van der Waals surface area (Å²) < 4.78 is 1.21. The molecule has 1 N–H and O–H groups in total. The average Bonchev–Trinajstić information content (AvgIpc) is 2.47. The van der Waals surface area contributed by atoms with Crippen molar-refractivity contribution in [3.63, 3.8) is 0 Å². The second-order valence-electron chi connectivity index (χ2n) is 5.95. The van der Waals surface area contributed by atoms with Crippen LogP contribution in [-0.4, -0.2) is 30.6 Å². The van der Waals surface area contributed by atoms with Crippen LogP contribution in [0.2, 0.25) is 0 Å². The fourth-order valence-corrected chi connectivity index (χ4v) is 3.22. The molecule has 0 saturated carbocycles. The molecule has 3 heteroatoms. The normalized spacial score (nSPS) is 13.1. The molecule has 1 unspecified atom stereocenters. The van der Waals surface area contributed by atoms with Crippen LogP contribution >= 0.6 is 15.9 Å². The third kappa shape index (κ3) is 6.50. The summed E-state index contributed by atoms with van der Waals surface area (Å²) in [5, 5.41) is 3.71. The zero-order valence-electron chi connectivity index (χ0n) is 14.0. The van der Waals surface area contributed by atoms with Crippen LogP contribution in [0.4, 0.5) is 0 Å². The van der Waals surface area contributed by atoms with Crippen LogP contribution in [0.1, 0.15) is 58.6 Å². The van der Waals surface area contributed by atoms with Gasteiger partial charge in [-0.1, -0.05) is 48.0 Å². The average molecular weight is 355 g/mol. The van der Waals surface area contributed by atoms with Crippen molar-refractivity contribution in [3.8, 4) is 0 Å². The number of benzene rings is 1. The van der Waals surface area contributed by atoms with Gasteiger partial charge in [-0.3, -0.25) is 0 Å². The summed E-state index contributed by atoms with van der Waals surface area (Å²) in [7, 11) is 0. The quantitative estimate of drug-likeness (QED) is 0.635. The Bertz CT molecular complexity index is 393. The van der Waals surface area contributed by atoms with Gasteiger partial charge in [0.1, 0.15) is 0 Å². The summed E-state index contributed by atoms with van der Waals surface area (Å²) in [6.07, 6.45) is 3.55. The summed E-state index contributed by atoms with van der Waals surface area (Å²) in [5.41, 5.74) is 1.38. The third-order valence-electron chi connectivity index (χ3n) is 3.87. The smallest absolute Gasteiger partial charge is 0.0343 e. The van der Waals surface area contributed by atoms with E-state index in [0.29, 0.717) is 12.1 Å². The molecule has 1 aromatic carbocycles. The summed E-state index contributed by atoms with van der Waals surface area (Å²) in [6, 6.07) is 9.64. The Morgan fingerprint density at radius 2 is 1.81 bits per heavy atom. The van der Waals surface area contributed by atoms with Crippen LogP contribution in [0.3, 0.4) is 0 Å². The summed E-state index contributed by atoms with van der Waals surface area (Å²) >= 11 is 3.70. The molecule has 1 rings (SSSR count). The van der Waals surface area contributed by atoms with Crippen LogP contribution in [0, 0.1) is 0 Å². The van der Waals surface area contributed by atoms with E-state index in [9.17, 15) is 0 Å². The lowest BCUT2D eigenvalue weighted by Gasteiger charge is -2.29. The lowest BCUT2D eigenvalue weighted by Crippen LogP contribution is -2.35. The molecule has 2 nitrogen and oxygen atoms in total. The van der Waals surface area contributed by atoms with E-state index in [-0.39, 0.29) is 0 Å². The monoisotopic (exact) mass is 354 g/mol. The summed E-state index contributed by atoms with van der Waals surface area (Å²) in [6.45, 7) is 12.5. The number of hydrogen-bond donors (Lipinski definition) is 1. The second kappa shape index (κ2) is 10.4. The lowest BCUT2D eigenvalue weighted by molar-refractivity contribution is 0.209. The Kier molecular flexibility index (Phi) is 9.21. The van der Waals surface area contributed by atoms with Crippen molar-refractivity contribution in [2.75, 3.05) is 19.6 Å². The number of hydrogen-bond acceptors (Lipinski definition) is 2. The van der Waals surface area contributed by atoms with Gasteiger partial charge in [-0.05, 0) is 57.8 Å². The van der Waals surface area contributed by atoms with Gasteiger partial charge in [-0.2, -0.15) is 0 Å². The number of rotatable bonds is 10. The Morgan fingerprint density at radius 1 is 1.10 bits per heavy atom. The molecule has 0 radical (unpaired) electrons. The first kappa shape index (κ1) is 18.7. The summed E-state index contributed by atoms with van der Waals surface area (Å²) in [4.78, 5) is 2.58. The van der Waals surface area contributed by atoms with Crippen molar-refractivity contribution < 1.29 is 0 Å². The molecule has 0 spiro atoms. The van der Waals surface area contributed by atoms with E-state index < -0.39 is 0 Å². The molecule has 1 atom stereocenters. The number of halogens is 1. The van der Waals surface area contributed by atoms with E-state index in [1.54, 1.807) is 0 Å². The molecular formula is C18H31BrN2. The molecule has 120 valence electrons. The van der Waals surface area contributed by atoms with E-state index in [0.717, 1.165) is 19.5 Å². The minimum Gasteiger partial charge on any atom is -0.310 e. The van der Waals surface area contributed by atoms with Crippen LogP contribution in [-0.2, 0) is 0 Å². The lowest BCUT2D eigenvalue weighted by atomic mass is 10.0. The predicted octanol–water partition coefficient (Wildman–Crippen LogP) is 5.00. The first-order valence-corrected chi connectivity index (χ1v) is 9.11. The van der Waals surface area contributed by atoms with E-state index in [2.05, 4.69) is 78.1 Å². The van der Waals surface area contributed by atoms with Gasteiger partial charge in [0.25, 0.3) is 0 Å². The molecule has 21 heavy (non-hydrogen) atoms. The van der Waals surface area contributed by atoms with Crippen molar-refractivity contribution in [1.29, 1.82) is 0 Å². The Morgan fingerprint density at radius 3 is 2.38 bits per heavy atom. The fraction of sp³-hybridized carbons (Fsp3) is 0.667. The zero-order valence-corrected chi connectivity index (χ0v) is 15.6. The van der Waals surface area contributed by atoms with Gasteiger partial charge in [0.05, 0.1) is 0 Å². The first-order chi connectivity index (χ1) is 10.1. The van der Waals surface area contributed by atoms with Gasteiger partial charge in [0, 0.05) is 23.1 Å². The van der Waals surface area contributed by atoms with Gasteiger partial charge in [-0.15, -0.1) is 0 Å². The minimum atomic E-state index is 0.429. The van der Waals surface area contributed by atoms with Crippen LogP contribution in [0.15, 0.2) is 28.7 Å². The Labute approximate surface area is 139 Å². The molecule has 0 aliphatic rings. The van der Waals surface area contributed by atoms with Gasteiger partial charge >= 0.3 is 0 Å². The highest BCUT2D eigenvalue weighted by Gasteiger charge is 2.16. The Hall–Kier alpha value is -0.380. The maximum atomic E-state index is 3.71. The zero-order chi connectivity index (χ0) is 15.7. The largest absolute Gasteiger partial charge is 0.310 e. The molecule has 1 aromatic rings. The van der Waals surface area contributed by atoms with Crippen LogP contribution in [0.25, 0.3) is 0 Å². The third-order valence-corrected chi connectivity index (χ3v) is 4.59. The molecule has 0 amide bonds. The van der Waals surface area contributed by atoms with E-state index in [4.69, 9.17) is 0 Å². The van der Waals surface area contributed by atoms with Crippen molar-refractivity contribution in [3.05, 3.63) is 34.3 Å². The molecular weight excluding hydrogens is 324 g/mol. The van der Waals surface area contributed by atoms with Crippen LogP contribution < -0.4 is 5.32 Å². The van der Waals surface area contributed by atoms with Crippen molar-refractivity contribution in [2.45, 2.75) is 59.0 Å². The number of nitrogens with one attached hydrogen (secondary N) is 1. The predicted molar refractivity (Wildman–Crippen MR) is 96.8 cm³/mol. The summed E-state index contributed by atoms with van der Waals surface area (Å²) in [5.74, 6) is 0. The molecule has 0 fully saturated rings. The fourth-order valence-electron chi connectivity index (χ4n) is 2.65. The molecule has 0 aliphatic carbocycles. The van der Waals surface area contributed by atoms with E-state index >= 15 is 0 Å². The van der Waals surface area contributed by atoms with Gasteiger partial charge in [-0.25, -0.2) is 0 Å². The number of nitrogens with zero attached hydrogens (tertiary/aromatic N) is 1. The van der Waals surface area contributed by atoms with Crippen molar-refractivity contribution >= 4 is 15.9 Å². The second-order valence-corrected chi connectivity index (χ2v) is 6.80. The highest BCUT2D eigenvalue weighted by atomic mass is 79.9. The van der Waals surface area contributed by atoms with Gasteiger partial charge < -0.3 is 10.2 Å². The highest BCUT2D eigenvalue weighted by molar-refractivity contribution is 9.10. The highest BCUT2D eigenvalue weighted by Crippen LogP contribution is 2.26. The first-order valence-electron chi connectivity index (χ1n) is 8.32. The van der Waals surface area contributed by atoms with E-state index in [1.165, 1.54) is 29.4 Å². The molecule has 0 aliphatic heterocycles. The van der Waals surface area contributed by atoms with E-state index in [1.807, 2.05) is 0 Å². The maximum Gasteiger partial charge on any atom is 0.0343 e. The standard InChI is InChI=1S/C18H31BrN2/c1-5-12-20-18(16-9-7-8-10-17(16)19)11-14-21(13-6-2)15(3)4/h7-10,15,18,20H,5-6,11-14H2,1-4H3. The van der Waals surface area contributed by atoms with Gasteiger partial charge in [0.15, 0.2) is 0 Å². The SMILES string of the molecule is CCCNC(CCN(CCC)C(C)C)c1ccccc1Br. The Balaban J connectivity index is 2.72. The van der Waals surface area contributed by atoms with Crippen molar-refractivity contribution in [1.82, 2.24) is 10.2 Å².